The molecule has 1 aliphatic heterocycles. The minimum atomic E-state index is 0.0388. The van der Waals surface area contributed by atoms with E-state index in [-0.39, 0.29) is 24.1 Å². The fourth-order valence-corrected chi connectivity index (χ4v) is 4.06. The monoisotopic (exact) mass is 296 g/mol. The number of carbonyl (C=O) groups excluding carboxylic acids is 1. The van der Waals surface area contributed by atoms with Crippen LogP contribution in [0.3, 0.4) is 0 Å². The second-order valence-electron chi connectivity index (χ2n) is 7.35. The minimum Gasteiger partial charge on any atom is -0.396 e. The highest BCUT2D eigenvalue weighted by molar-refractivity contribution is 5.75. The highest BCUT2D eigenvalue weighted by Crippen LogP contribution is 2.52. The van der Waals surface area contributed by atoms with Crippen LogP contribution in [-0.2, 0) is 4.74 Å². The van der Waals surface area contributed by atoms with Gasteiger partial charge in [-0.3, -0.25) is 0 Å². The van der Waals surface area contributed by atoms with E-state index in [0.29, 0.717) is 18.1 Å². The summed E-state index contributed by atoms with van der Waals surface area (Å²) in [7, 11) is 0. The zero-order valence-electron chi connectivity index (χ0n) is 13.2. The summed E-state index contributed by atoms with van der Waals surface area (Å²) in [6.45, 7) is 6.18. The summed E-state index contributed by atoms with van der Waals surface area (Å²) in [5.74, 6) is 0.488. The van der Waals surface area contributed by atoms with Gasteiger partial charge >= 0.3 is 6.03 Å². The van der Waals surface area contributed by atoms with Crippen molar-refractivity contribution in [1.82, 2.24) is 10.2 Å². The van der Waals surface area contributed by atoms with Gasteiger partial charge in [-0.1, -0.05) is 13.8 Å². The molecule has 1 heterocycles. The molecule has 2 N–H and O–H groups in total. The molecule has 3 aliphatic rings. The van der Waals surface area contributed by atoms with Crippen molar-refractivity contribution < 1.29 is 14.6 Å². The van der Waals surface area contributed by atoms with E-state index in [0.717, 1.165) is 45.3 Å². The average molecular weight is 296 g/mol. The quantitative estimate of drug-likeness (QED) is 0.734. The average Bonchev–Trinajstić information content (AvgIpc) is 3.18. The third-order valence-electron chi connectivity index (χ3n) is 5.44. The molecule has 5 nitrogen and oxygen atoms in total. The van der Waals surface area contributed by atoms with Crippen molar-refractivity contribution in [3.63, 3.8) is 0 Å². The molecule has 0 aromatic carbocycles. The predicted octanol–water partition coefficient (Wildman–Crippen LogP) is 1.75. The summed E-state index contributed by atoms with van der Waals surface area (Å²) in [4.78, 5) is 14.6. The number of unbranched alkanes of at least 4 members (excludes halogenated alkanes) is 1. The zero-order valence-corrected chi connectivity index (χ0v) is 13.2. The summed E-state index contributed by atoms with van der Waals surface area (Å²) in [5, 5.41) is 12.2. The Hall–Kier alpha value is -0.810. The molecule has 0 bridgehead atoms. The molecule has 2 amide bonds. The Balaban J connectivity index is 1.56. The van der Waals surface area contributed by atoms with Crippen LogP contribution in [0.2, 0.25) is 0 Å². The number of aliphatic hydroxyl groups excluding tert-OH is 1. The maximum atomic E-state index is 12.6. The summed E-state index contributed by atoms with van der Waals surface area (Å²) in [6.07, 6.45) is 5.26. The number of carbonyl (C=O) groups is 1. The lowest BCUT2D eigenvalue weighted by atomic mass is 9.57. The number of nitrogens with zero attached hydrogens (tertiary/aromatic N) is 1. The van der Waals surface area contributed by atoms with Gasteiger partial charge in [-0.2, -0.15) is 0 Å². The first kappa shape index (κ1) is 15.1. The lowest BCUT2D eigenvalue weighted by Crippen LogP contribution is -2.68. The molecule has 3 fully saturated rings. The van der Waals surface area contributed by atoms with Crippen LogP contribution in [0.4, 0.5) is 4.79 Å². The summed E-state index contributed by atoms with van der Waals surface area (Å²) < 4.78 is 5.79. The summed E-state index contributed by atoms with van der Waals surface area (Å²) >= 11 is 0. The molecular formula is C16H28N2O3. The number of urea groups is 1. The Bertz CT molecular complexity index is 395. The Morgan fingerprint density at radius 2 is 2.10 bits per heavy atom. The van der Waals surface area contributed by atoms with Gasteiger partial charge in [0.25, 0.3) is 0 Å². The van der Waals surface area contributed by atoms with Crippen molar-refractivity contribution in [2.45, 2.75) is 64.1 Å². The Labute approximate surface area is 127 Å². The lowest BCUT2D eigenvalue weighted by Gasteiger charge is -2.54. The number of ether oxygens (including phenoxy) is 1. The van der Waals surface area contributed by atoms with Gasteiger partial charge in [-0.05, 0) is 32.1 Å². The molecule has 0 radical (unpaired) electrons. The minimum absolute atomic E-state index is 0.0388. The molecule has 3 atom stereocenters. The molecule has 21 heavy (non-hydrogen) atoms. The second kappa shape index (κ2) is 5.76. The molecule has 120 valence electrons. The van der Waals surface area contributed by atoms with Gasteiger partial charge in [0.2, 0.25) is 0 Å². The first-order chi connectivity index (χ1) is 10.1. The van der Waals surface area contributed by atoms with E-state index in [2.05, 4.69) is 19.2 Å². The molecule has 1 saturated heterocycles. The Kier molecular flexibility index (Phi) is 4.14. The maximum absolute atomic E-state index is 12.6. The van der Waals surface area contributed by atoms with Crippen molar-refractivity contribution in [3.8, 4) is 0 Å². The van der Waals surface area contributed by atoms with Crippen LogP contribution in [-0.4, -0.2) is 54.0 Å². The van der Waals surface area contributed by atoms with Crippen LogP contribution in [0.25, 0.3) is 0 Å². The number of amides is 2. The molecule has 0 aromatic heterocycles. The molecule has 5 heteroatoms. The topological polar surface area (TPSA) is 61.8 Å². The number of fused-ring (bicyclic) bond motifs is 1. The SMILES string of the molecule is CC1(C)C(NC(=O)N(CCCCO)C2CC2)C2CCOC21. The van der Waals surface area contributed by atoms with Crippen LogP contribution in [0.1, 0.15) is 46.0 Å². The van der Waals surface area contributed by atoms with Gasteiger partial charge < -0.3 is 20.1 Å². The third kappa shape index (κ3) is 2.78. The van der Waals surface area contributed by atoms with Crippen LogP contribution < -0.4 is 5.32 Å². The van der Waals surface area contributed by atoms with Gasteiger partial charge in [0.05, 0.1) is 6.10 Å². The van der Waals surface area contributed by atoms with E-state index in [9.17, 15) is 4.79 Å². The highest BCUT2D eigenvalue weighted by atomic mass is 16.5. The Morgan fingerprint density at radius 1 is 1.33 bits per heavy atom. The number of hydrogen-bond donors (Lipinski definition) is 2. The number of rotatable bonds is 6. The van der Waals surface area contributed by atoms with E-state index in [1.807, 2.05) is 4.90 Å². The van der Waals surface area contributed by atoms with Crippen molar-refractivity contribution in [2.24, 2.45) is 11.3 Å². The smallest absolute Gasteiger partial charge is 0.317 e. The molecular weight excluding hydrogens is 268 g/mol. The maximum Gasteiger partial charge on any atom is 0.317 e. The predicted molar refractivity (Wildman–Crippen MR) is 80.0 cm³/mol. The normalized spacial score (nSPS) is 33.2. The molecule has 3 unspecified atom stereocenters. The van der Waals surface area contributed by atoms with Crippen molar-refractivity contribution in [1.29, 1.82) is 0 Å². The van der Waals surface area contributed by atoms with Gasteiger partial charge in [0, 0.05) is 43.2 Å². The number of hydrogen-bond acceptors (Lipinski definition) is 3. The number of aliphatic hydroxyl groups is 1. The second-order valence-corrected chi connectivity index (χ2v) is 7.35. The lowest BCUT2D eigenvalue weighted by molar-refractivity contribution is -0.109. The Morgan fingerprint density at radius 3 is 2.76 bits per heavy atom. The standard InChI is InChI=1S/C16H28N2O3/c1-16(2)13(12-7-10-21-14(12)16)17-15(20)18(11-5-6-11)8-3-4-9-19/h11-14,19H,3-10H2,1-2H3,(H,17,20). The third-order valence-corrected chi connectivity index (χ3v) is 5.44. The fraction of sp³-hybridized carbons (Fsp3) is 0.938. The van der Waals surface area contributed by atoms with Crippen LogP contribution in [0, 0.1) is 11.3 Å². The van der Waals surface area contributed by atoms with E-state index in [1.165, 1.54) is 0 Å². The van der Waals surface area contributed by atoms with Gasteiger partial charge in [-0.25, -0.2) is 4.79 Å². The number of nitrogens with one attached hydrogen (secondary N) is 1. The van der Waals surface area contributed by atoms with E-state index >= 15 is 0 Å². The van der Waals surface area contributed by atoms with E-state index in [1.54, 1.807) is 0 Å². The van der Waals surface area contributed by atoms with Crippen molar-refractivity contribution in [2.75, 3.05) is 19.8 Å². The highest BCUT2D eigenvalue weighted by Gasteiger charge is 2.60. The zero-order chi connectivity index (χ0) is 15.0. The van der Waals surface area contributed by atoms with E-state index < -0.39 is 0 Å². The molecule has 3 rings (SSSR count). The molecule has 2 saturated carbocycles. The van der Waals surface area contributed by atoms with Crippen molar-refractivity contribution in [3.05, 3.63) is 0 Å². The molecule has 0 aromatic rings. The summed E-state index contributed by atoms with van der Waals surface area (Å²) in [5.41, 5.74) is 0.0388. The van der Waals surface area contributed by atoms with Crippen LogP contribution >= 0.6 is 0 Å². The van der Waals surface area contributed by atoms with Crippen LogP contribution in [0.5, 0.6) is 0 Å². The van der Waals surface area contributed by atoms with Crippen molar-refractivity contribution >= 4 is 6.03 Å². The molecule has 2 aliphatic carbocycles. The van der Waals surface area contributed by atoms with Gasteiger partial charge in [0.15, 0.2) is 0 Å². The molecule has 0 spiro atoms. The first-order valence-electron chi connectivity index (χ1n) is 8.35. The summed E-state index contributed by atoms with van der Waals surface area (Å²) in [6, 6.07) is 0.734. The van der Waals surface area contributed by atoms with Crippen LogP contribution in [0.15, 0.2) is 0 Å². The largest absolute Gasteiger partial charge is 0.396 e. The van der Waals surface area contributed by atoms with E-state index in [4.69, 9.17) is 9.84 Å². The first-order valence-corrected chi connectivity index (χ1v) is 8.35. The van der Waals surface area contributed by atoms with Gasteiger partial charge in [-0.15, -0.1) is 0 Å². The fourth-order valence-electron chi connectivity index (χ4n) is 4.06. The van der Waals surface area contributed by atoms with Gasteiger partial charge in [0.1, 0.15) is 0 Å².